The topological polar surface area (TPSA) is 120 Å². The zero-order valence-electron chi connectivity index (χ0n) is 11.2. The highest BCUT2D eigenvalue weighted by molar-refractivity contribution is 5.82. The Bertz CT molecular complexity index is 420. The van der Waals surface area contributed by atoms with Gasteiger partial charge >= 0.3 is 12.0 Å². The lowest BCUT2D eigenvalue weighted by Crippen LogP contribution is -2.49. The number of hydrogen-bond acceptors (Lipinski definition) is 4. The number of amides is 2. The Morgan fingerprint density at radius 1 is 1.42 bits per heavy atom. The number of nitrogens with one attached hydrogen (secondary N) is 3. The third-order valence-electron chi connectivity index (χ3n) is 2.96. The number of carboxylic acid groups (broad SMARTS) is 1. The third kappa shape index (κ3) is 4.23. The second kappa shape index (κ2) is 6.72. The van der Waals surface area contributed by atoms with Gasteiger partial charge in [0.25, 0.3) is 0 Å². The Morgan fingerprint density at radius 2 is 2.11 bits per heavy atom. The van der Waals surface area contributed by atoms with Crippen LogP contribution in [0.4, 0.5) is 4.79 Å². The van der Waals surface area contributed by atoms with Gasteiger partial charge < -0.3 is 15.7 Å². The Balaban J connectivity index is 2.56. The lowest BCUT2D eigenvalue weighted by Gasteiger charge is -2.21. The summed E-state index contributed by atoms with van der Waals surface area (Å²) in [6.07, 6.45) is 2.00. The molecule has 3 atom stereocenters. The van der Waals surface area contributed by atoms with Crippen LogP contribution in [0, 0.1) is 5.92 Å². The minimum absolute atomic E-state index is 0.149. The predicted molar refractivity (Wildman–Crippen MR) is 67.3 cm³/mol. The molecular formula is C11H19N5O3. The van der Waals surface area contributed by atoms with E-state index in [9.17, 15) is 9.59 Å². The molecule has 8 heteroatoms. The smallest absolute Gasteiger partial charge is 0.326 e. The molecule has 1 unspecified atom stereocenters. The van der Waals surface area contributed by atoms with Crippen LogP contribution in [-0.4, -0.2) is 38.3 Å². The summed E-state index contributed by atoms with van der Waals surface area (Å²) in [6, 6.07) is -1.84. The molecule has 0 aliphatic heterocycles. The van der Waals surface area contributed by atoms with Crippen molar-refractivity contribution in [3.63, 3.8) is 0 Å². The molecule has 106 valence electrons. The van der Waals surface area contributed by atoms with E-state index >= 15 is 0 Å². The van der Waals surface area contributed by atoms with Crippen LogP contribution in [0.5, 0.6) is 0 Å². The van der Waals surface area contributed by atoms with Gasteiger partial charge in [0.05, 0.1) is 6.04 Å². The molecular weight excluding hydrogens is 250 g/mol. The molecule has 0 spiro atoms. The number of hydrogen-bond donors (Lipinski definition) is 4. The molecule has 1 aromatic rings. The van der Waals surface area contributed by atoms with Gasteiger partial charge in [-0.3, -0.25) is 5.10 Å². The van der Waals surface area contributed by atoms with Crippen molar-refractivity contribution in [2.24, 2.45) is 5.92 Å². The van der Waals surface area contributed by atoms with Crippen molar-refractivity contribution in [3.8, 4) is 0 Å². The van der Waals surface area contributed by atoms with Crippen LogP contribution >= 0.6 is 0 Å². The van der Waals surface area contributed by atoms with E-state index in [2.05, 4.69) is 25.8 Å². The van der Waals surface area contributed by atoms with Gasteiger partial charge in [-0.25, -0.2) is 14.6 Å². The molecule has 19 heavy (non-hydrogen) atoms. The van der Waals surface area contributed by atoms with E-state index < -0.39 is 18.0 Å². The van der Waals surface area contributed by atoms with Crippen LogP contribution in [0.2, 0.25) is 0 Å². The molecule has 8 nitrogen and oxygen atoms in total. The number of H-pyrrole nitrogens is 1. The average Bonchev–Trinajstić information content (AvgIpc) is 2.88. The second-order valence-corrected chi connectivity index (χ2v) is 4.41. The lowest BCUT2D eigenvalue weighted by molar-refractivity contribution is -0.140. The number of aliphatic carboxylic acids is 1. The summed E-state index contributed by atoms with van der Waals surface area (Å²) in [6.45, 7) is 5.37. The Labute approximate surface area is 111 Å². The maximum absolute atomic E-state index is 11.7. The van der Waals surface area contributed by atoms with Crippen molar-refractivity contribution >= 4 is 12.0 Å². The summed E-state index contributed by atoms with van der Waals surface area (Å²) in [5.41, 5.74) is 0. The van der Waals surface area contributed by atoms with Crippen LogP contribution in [0.1, 0.15) is 39.1 Å². The minimum atomic E-state index is -1.04. The van der Waals surface area contributed by atoms with Gasteiger partial charge in [0.2, 0.25) is 0 Å². The van der Waals surface area contributed by atoms with E-state index in [1.54, 1.807) is 13.8 Å². The largest absolute Gasteiger partial charge is 0.480 e. The number of nitrogens with zero attached hydrogens (tertiary/aromatic N) is 2. The van der Waals surface area contributed by atoms with Crippen molar-refractivity contribution in [1.82, 2.24) is 25.8 Å². The molecule has 1 heterocycles. The first-order valence-electron chi connectivity index (χ1n) is 6.10. The highest BCUT2D eigenvalue weighted by atomic mass is 16.4. The lowest BCUT2D eigenvalue weighted by atomic mass is 9.99. The minimum Gasteiger partial charge on any atom is -0.480 e. The highest BCUT2D eigenvalue weighted by Gasteiger charge is 2.25. The molecule has 0 fully saturated rings. The van der Waals surface area contributed by atoms with Crippen LogP contribution in [0.25, 0.3) is 0 Å². The molecule has 0 radical (unpaired) electrons. The summed E-state index contributed by atoms with van der Waals surface area (Å²) in [5.74, 6) is -0.689. The standard InChI is InChI=1S/C11H19N5O3/c1-4-6(2)8(10(17)18)15-11(19)14-7(3)9-12-5-13-16-9/h5-8H,4H2,1-3H3,(H,17,18)(H,12,13,16)(H2,14,15,19)/t6-,7?,8-/m0/s1. The predicted octanol–water partition coefficient (Wildman–Crippen LogP) is 0.664. The summed E-state index contributed by atoms with van der Waals surface area (Å²) in [4.78, 5) is 26.7. The molecule has 0 aliphatic rings. The fraction of sp³-hybridized carbons (Fsp3) is 0.636. The molecule has 0 aromatic carbocycles. The zero-order valence-corrected chi connectivity index (χ0v) is 11.2. The first-order valence-corrected chi connectivity index (χ1v) is 6.10. The SMILES string of the molecule is CC[C@H](C)[C@H](NC(=O)NC(C)c1ncn[nH]1)C(=O)O. The van der Waals surface area contributed by atoms with Crippen molar-refractivity contribution in [2.45, 2.75) is 39.3 Å². The van der Waals surface area contributed by atoms with E-state index in [1.165, 1.54) is 6.33 Å². The summed E-state index contributed by atoms with van der Waals surface area (Å²) >= 11 is 0. The fourth-order valence-corrected chi connectivity index (χ4v) is 1.55. The van der Waals surface area contributed by atoms with Crippen molar-refractivity contribution < 1.29 is 14.7 Å². The van der Waals surface area contributed by atoms with Crippen LogP contribution < -0.4 is 10.6 Å². The summed E-state index contributed by atoms with van der Waals surface area (Å²) in [7, 11) is 0. The molecule has 0 saturated heterocycles. The van der Waals surface area contributed by atoms with Gasteiger partial charge in [0, 0.05) is 0 Å². The second-order valence-electron chi connectivity index (χ2n) is 4.41. The number of carboxylic acids is 1. The van der Waals surface area contributed by atoms with Gasteiger partial charge in [0.1, 0.15) is 18.2 Å². The van der Waals surface area contributed by atoms with Crippen LogP contribution in [0.3, 0.4) is 0 Å². The van der Waals surface area contributed by atoms with E-state index in [-0.39, 0.29) is 12.0 Å². The van der Waals surface area contributed by atoms with Crippen molar-refractivity contribution in [2.75, 3.05) is 0 Å². The first-order chi connectivity index (χ1) is 8.95. The number of urea groups is 1. The molecule has 1 aromatic heterocycles. The van der Waals surface area contributed by atoms with Gasteiger partial charge in [-0.2, -0.15) is 5.10 Å². The Morgan fingerprint density at radius 3 is 2.58 bits per heavy atom. The zero-order chi connectivity index (χ0) is 14.4. The first kappa shape index (κ1) is 14.9. The normalized spacial score (nSPS) is 15.3. The van der Waals surface area contributed by atoms with Gasteiger partial charge in [-0.1, -0.05) is 20.3 Å². The van der Waals surface area contributed by atoms with Crippen LogP contribution in [-0.2, 0) is 4.79 Å². The highest BCUT2D eigenvalue weighted by Crippen LogP contribution is 2.08. The van der Waals surface area contributed by atoms with Gasteiger partial charge in [-0.05, 0) is 12.8 Å². The molecule has 1 rings (SSSR count). The monoisotopic (exact) mass is 269 g/mol. The van der Waals surface area contributed by atoms with E-state index in [4.69, 9.17) is 5.11 Å². The molecule has 0 bridgehead atoms. The van der Waals surface area contributed by atoms with Crippen molar-refractivity contribution in [3.05, 3.63) is 12.2 Å². The van der Waals surface area contributed by atoms with Crippen LogP contribution in [0.15, 0.2) is 6.33 Å². The summed E-state index contributed by atoms with van der Waals surface area (Å²) in [5, 5.41) is 20.4. The Hall–Kier alpha value is -2.12. The van der Waals surface area contributed by atoms with E-state index in [0.717, 1.165) is 0 Å². The maximum atomic E-state index is 11.7. The molecule has 0 aliphatic carbocycles. The number of aromatic nitrogens is 3. The summed E-state index contributed by atoms with van der Waals surface area (Å²) < 4.78 is 0. The number of carbonyl (C=O) groups excluding carboxylic acids is 1. The Kier molecular flexibility index (Phi) is 5.28. The average molecular weight is 269 g/mol. The number of rotatable bonds is 6. The maximum Gasteiger partial charge on any atom is 0.326 e. The number of aromatic amines is 1. The van der Waals surface area contributed by atoms with E-state index in [0.29, 0.717) is 12.2 Å². The van der Waals surface area contributed by atoms with Gasteiger partial charge in [-0.15, -0.1) is 0 Å². The molecule has 0 saturated carbocycles. The van der Waals surface area contributed by atoms with E-state index in [1.807, 2.05) is 6.92 Å². The third-order valence-corrected chi connectivity index (χ3v) is 2.96. The molecule has 2 amide bonds. The van der Waals surface area contributed by atoms with Crippen molar-refractivity contribution in [1.29, 1.82) is 0 Å². The van der Waals surface area contributed by atoms with Gasteiger partial charge in [0.15, 0.2) is 0 Å². The number of carbonyl (C=O) groups is 2. The fourth-order valence-electron chi connectivity index (χ4n) is 1.55. The molecule has 4 N–H and O–H groups in total. The quantitative estimate of drug-likeness (QED) is 0.604.